The molecule has 4 aromatic carbocycles. The van der Waals surface area contributed by atoms with Gasteiger partial charge in [0.05, 0.1) is 6.42 Å². The van der Waals surface area contributed by atoms with E-state index in [0.717, 1.165) is 27.9 Å². The summed E-state index contributed by atoms with van der Waals surface area (Å²) in [5.41, 5.74) is 3.98. The van der Waals surface area contributed by atoms with E-state index in [2.05, 4.69) is 16.0 Å². The fourth-order valence-corrected chi connectivity index (χ4v) is 4.44. The number of rotatable bonds is 11. The molecule has 5 rings (SSSR count). The molecule has 0 aliphatic carbocycles. The third-order valence-corrected chi connectivity index (χ3v) is 6.64. The first-order chi connectivity index (χ1) is 20.3. The second-order valence-corrected chi connectivity index (χ2v) is 9.72. The van der Waals surface area contributed by atoms with Gasteiger partial charge in [-0.3, -0.25) is 14.4 Å². The lowest BCUT2D eigenvalue weighted by Crippen LogP contribution is -2.36. The zero-order chi connectivity index (χ0) is 29.5. The zero-order valence-corrected chi connectivity index (χ0v) is 22.5. The van der Waals surface area contributed by atoms with Gasteiger partial charge in [-0.15, -0.1) is 0 Å². The van der Waals surface area contributed by atoms with Crippen molar-refractivity contribution in [2.75, 3.05) is 17.2 Å². The summed E-state index contributed by atoms with van der Waals surface area (Å²) in [6.45, 7) is 0.0212. The van der Waals surface area contributed by atoms with Crippen LogP contribution in [-0.2, 0) is 16.0 Å². The number of fused-ring (bicyclic) bond motifs is 1. The topological polar surface area (TPSA) is 121 Å². The van der Waals surface area contributed by atoms with Gasteiger partial charge in [-0.05, 0) is 78.4 Å². The molecule has 42 heavy (non-hydrogen) atoms. The molecule has 0 aliphatic rings. The first-order valence-electron chi connectivity index (χ1n) is 13.3. The number of benzene rings is 4. The summed E-state index contributed by atoms with van der Waals surface area (Å²) in [4.78, 5) is 36.4. The lowest BCUT2D eigenvalue weighted by molar-refractivity contribution is -0.136. The summed E-state index contributed by atoms with van der Waals surface area (Å²) < 4.78 is 19.4. The molecule has 0 radical (unpaired) electrons. The van der Waals surface area contributed by atoms with Crippen molar-refractivity contribution >= 4 is 40.1 Å². The van der Waals surface area contributed by atoms with Gasteiger partial charge in [0.2, 0.25) is 5.91 Å². The number of amides is 2. The van der Waals surface area contributed by atoms with Crippen molar-refractivity contribution < 1.29 is 28.3 Å². The minimum Gasteiger partial charge on any atom is -0.481 e. The van der Waals surface area contributed by atoms with Gasteiger partial charge in [0.15, 0.2) is 0 Å². The molecule has 1 atom stereocenters. The molecule has 1 heterocycles. The fourth-order valence-electron chi connectivity index (χ4n) is 4.44. The number of carbonyl (C=O) groups is 3. The SMILES string of the molecule is O=C(O)CCNC(=O)c1ccc(N[C@@H](Cc2ccc(F)cc2)C(=O)Nc2ccc(-c3cc4ccccc4o3)cc2)cc1. The van der Waals surface area contributed by atoms with Gasteiger partial charge in [-0.25, -0.2) is 4.39 Å². The Morgan fingerprint density at radius 1 is 0.833 bits per heavy atom. The van der Waals surface area contributed by atoms with E-state index in [1.807, 2.05) is 42.5 Å². The Morgan fingerprint density at radius 3 is 2.21 bits per heavy atom. The smallest absolute Gasteiger partial charge is 0.305 e. The van der Waals surface area contributed by atoms with E-state index in [9.17, 15) is 18.8 Å². The number of carboxylic acids is 1. The largest absolute Gasteiger partial charge is 0.481 e. The maximum Gasteiger partial charge on any atom is 0.305 e. The lowest BCUT2D eigenvalue weighted by atomic mass is 10.0. The van der Waals surface area contributed by atoms with Gasteiger partial charge in [0.1, 0.15) is 23.2 Å². The first kappa shape index (κ1) is 28.1. The molecule has 8 nitrogen and oxygen atoms in total. The number of hydrogen-bond donors (Lipinski definition) is 4. The summed E-state index contributed by atoms with van der Waals surface area (Å²) >= 11 is 0. The summed E-state index contributed by atoms with van der Waals surface area (Å²) in [6, 6.07) is 28.8. The van der Waals surface area contributed by atoms with Crippen LogP contribution in [0.2, 0.25) is 0 Å². The van der Waals surface area contributed by atoms with Gasteiger partial charge < -0.3 is 25.5 Å². The Bertz CT molecular complexity index is 1660. The molecule has 9 heteroatoms. The van der Waals surface area contributed by atoms with Crippen LogP contribution >= 0.6 is 0 Å². The van der Waals surface area contributed by atoms with Crippen molar-refractivity contribution in [1.82, 2.24) is 5.32 Å². The third-order valence-electron chi connectivity index (χ3n) is 6.64. The highest BCUT2D eigenvalue weighted by Crippen LogP contribution is 2.28. The Labute approximate surface area is 241 Å². The number of halogens is 1. The van der Waals surface area contributed by atoms with Crippen LogP contribution in [-0.4, -0.2) is 35.5 Å². The van der Waals surface area contributed by atoms with Crippen LogP contribution in [0.15, 0.2) is 108 Å². The monoisotopic (exact) mass is 565 g/mol. The van der Waals surface area contributed by atoms with E-state index >= 15 is 0 Å². The molecule has 0 aliphatic heterocycles. The molecule has 0 saturated carbocycles. The molecular weight excluding hydrogens is 537 g/mol. The molecule has 212 valence electrons. The van der Waals surface area contributed by atoms with Crippen molar-refractivity contribution in [3.8, 4) is 11.3 Å². The fraction of sp³-hybridized carbons (Fsp3) is 0.121. The van der Waals surface area contributed by atoms with Crippen LogP contribution < -0.4 is 16.0 Å². The highest BCUT2D eigenvalue weighted by molar-refractivity contribution is 5.97. The summed E-state index contributed by atoms with van der Waals surface area (Å²) in [5.74, 6) is -1.33. The number of nitrogens with one attached hydrogen (secondary N) is 3. The van der Waals surface area contributed by atoms with Gasteiger partial charge in [-0.1, -0.05) is 30.3 Å². The average molecular weight is 566 g/mol. The second kappa shape index (κ2) is 12.8. The van der Waals surface area contributed by atoms with E-state index < -0.39 is 17.9 Å². The summed E-state index contributed by atoms with van der Waals surface area (Å²) in [5, 5.41) is 18.5. The van der Waals surface area contributed by atoms with E-state index in [1.165, 1.54) is 12.1 Å². The van der Waals surface area contributed by atoms with E-state index in [-0.39, 0.29) is 31.1 Å². The molecule has 0 saturated heterocycles. The van der Waals surface area contributed by atoms with Crippen LogP contribution in [0.1, 0.15) is 22.3 Å². The molecule has 0 bridgehead atoms. The minimum atomic E-state index is -0.998. The number of furan rings is 1. The number of aliphatic carboxylic acids is 1. The lowest BCUT2D eigenvalue weighted by Gasteiger charge is -2.20. The average Bonchev–Trinajstić information content (AvgIpc) is 3.43. The Kier molecular flexibility index (Phi) is 8.58. The van der Waals surface area contributed by atoms with Crippen LogP contribution in [0.3, 0.4) is 0 Å². The molecule has 5 aromatic rings. The highest BCUT2D eigenvalue weighted by atomic mass is 19.1. The highest BCUT2D eigenvalue weighted by Gasteiger charge is 2.20. The number of carbonyl (C=O) groups excluding carboxylic acids is 2. The van der Waals surface area contributed by atoms with Crippen LogP contribution in [0.25, 0.3) is 22.3 Å². The predicted octanol–water partition coefficient (Wildman–Crippen LogP) is 6.11. The number of anilines is 2. The molecule has 0 unspecified atom stereocenters. The molecule has 1 aromatic heterocycles. The molecule has 0 fully saturated rings. The van der Waals surface area contributed by atoms with Crippen molar-refractivity contribution in [3.05, 3.63) is 120 Å². The number of para-hydroxylation sites is 1. The van der Waals surface area contributed by atoms with Crippen LogP contribution in [0, 0.1) is 5.82 Å². The number of carboxylic acid groups (broad SMARTS) is 1. The standard InChI is InChI=1S/C33H28FN3O5/c34-25-11-5-21(6-12-25)19-28(36-26-15-9-23(10-16-26)32(40)35-18-17-31(38)39)33(41)37-27-13-7-22(8-14-27)30-20-24-3-1-2-4-29(24)42-30/h1-16,20,28,36H,17-19H2,(H,35,40)(H,37,41)(H,38,39)/t28-/m0/s1. The van der Waals surface area contributed by atoms with E-state index in [0.29, 0.717) is 16.9 Å². The summed E-state index contributed by atoms with van der Waals surface area (Å²) in [6.07, 6.45) is 0.106. The first-order valence-corrected chi connectivity index (χ1v) is 13.3. The maximum absolute atomic E-state index is 13.5. The molecular formula is C33H28FN3O5. The van der Waals surface area contributed by atoms with E-state index in [4.69, 9.17) is 9.52 Å². The van der Waals surface area contributed by atoms with Gasteiger partial charge >= 0.3 is 5.97 Å². The molecule has 2 amide bonds. The summed E-state index contributed by atoms with van der Waals surface area (Å²) in [7, 11) is 0. The minimum absolute atomic E-state index is 0.0212. The maximum atomic E-state index is 13.5. The second-order valence-electron chi connectivity index (χ2n) is 9.72. The van der Waals surface area contributed by atoms with Gasteiger partial charge in [0, 0.05) is 40.9 Å². The van der Waals surface area contributed by atoms with E-state index in [1.54, 1.807) is 48.5 Å². The van der Waals surface area contributed by atoms with Crippen molar-refractivity contribution in [2.45, 2.75) is 18.9 Å². The molecule has 4 N–H and O–H groups in total. The quantitative estimate of drug-likeness (QED) is 0.154. The van der Waals surface area contributed by atoms with Gasteiger partial charge in [0.25, 0.3) is 5.91 Å². The van der Waals surface area contributed by atoms with Crippen molar-refractivity contribution in [2.24, 2.45) is 0 Å². The predicted molar refractivity (Wildman–Crippen MR) is 159 cm³/mol. The van der Waals surface area contributed by atoms with Crippen molar-refractivity contribution in [3.63, 3.8) is 0 Å². The normalized spacial score (nSPS) is 11.5. The zero-order valence-electron chi connectivity index (χ0n) is 22.5. The third kappa shape index (κ3) is 7.19. The molecule has 0 spiro atoms. The Morgan fingerprint density at radius 2 is 1.52 bits per heavy atom. The Hall–Kier alpha value is -5.44. The van der Waals surface area contributed by atoms with Crippen LogP contribution in [0.5, 0.6) is 0 Å². The number of hydrogen-bond acceptors (Lipinski definition) is 5. The Balaban J connectivity index is 1.28. The van der Waals surface area contributed by atoms with Crippen molar-refractivity contribution in [1.29, 1.82) is 0 Å². The van der Waals surface area contributed by atoms with Gasteiger partial charge in [-0.2, -0.15) is 0 Å². The van der Waals surface area contributed by atoms with Crippen LogP contribution in [0.4, 0.5) is 15.8 Å².